The van der Waals surface area contributed by atoms with E-state index in [1.807, 2.05) is 66.0 Å². The fourth-order valence-corrected chi connectivity index (χ4v) is 4.31. The molecule has 1 aromatic heterocycles. The van der Waals surface area contributed by atoms with Crippen molar-refractivity contribution >= 4 is 28.8 Å². The molecule has 0 spiro atoms. The Hall–Kier alpha value is -3.77. The highest BCUT2D eigenvalue weighted by Gasteiger charge is 2.32. The van der Waals surface area contributed by atoms with Crippen molar-refractivity contribution in [2.45, 2.75) is 19.0 Å². The van der Waals surface area contributed by atoms with Crippen LogP contribution in [-0.4, -0.2) is 11.8 Å². The summed E-state index contributed by atoms with van der Waals surface area (Å²) in [6, 6.07) is 27.2. The lowest BCUT2D eigenvalue weighted by molar-refractivity contribution is -0.126. The van der Waals surface area contributed by atoms with E-state index in [9.17, 15) is 14.0 Å². The van der Waals surface area contributed by atoms with Gasteiger partial charge in [0.2, 0.25) is 11.8 Å². The molecule has 0 bridgehead atoms. The maximum atomic E-state index is 13.7. The summed E-state index contributed by atoms with van der Waals surface area (Å²) in [6.45, 7) is 0.319. The molecule has 1 atom stereocenters. The molecule has 3 aromatic carbocycles. The fraction of sp³-hybridized carbons (Fsp3) is 0.111. The van der Waals surface area contributed by atoms with Crippen molar-refractivity contribution in [3.63, 3.8) is 0 Å². The number of carbonyl (C=O) groups excluding carboxylic acids is 2. The van der Waals surface area contributed by atoms with Crippen LogP contribution in [0.2, 0.25) is 0 Å². The molecule has 0 radical (unpaired) electrons. The molecule has 166 valence electrons. The highest BCUT2D eigenvalue weighted by molar-refractivity contribution is 7.10. The van der Waals surface area contributed by atoms with Gasteiger partial charge in [-0.15, -0.1) is 11.3 Å². The number of hydrogen-bond donors (Lipinski definition) is 1. The van der Waals surface area contributed by atoms with Gasteiger partial charge < -0.3 is 5.32 Å². The first-order valence-electron chi connectivity index (χ1n) is 10.6. The van der Waals surface area contributed by atoms with E-state index >= 15 is 0 Å². The SMILES string of the molecule is O=C(NCc1ccccc1)[C@@H](c1ccc(F)cc1)N(C(=O)Cc1cccs1)c1ccccc1. The number of halogens is 1. The zero-order chi connectivity index (χ0) is 23.0. The molecular weight excluding hydrogens is 435 g/mol. The first-order valence-corrected chi connectivity index (χ1v) is 11.5. The minimum absolute atomic E-state index is 0.163. The molecule has 0 fully saturated rings. The smallest absolute Gasteiger partial charge is 0.248 e. The molecule has 0 saturated heterocycles. The number of nitrogens with zero attached hydrogens (tertiary/aromatic N) is 1. The molecule has 2 amide bonds. The van der Waals surface area contributed by atoms with Crippen molar-refractivity contribution in [1.29, 1.82) is 0 Å². The molecule has 1 N–H and O–H groups in total. The topological polar surface area (TPSA) is 49.4 Å². The van der Waals surface area contributed by atoms with Crippen LogP contribution in [0.25, 0.3) is 0 Å². The number of hydrogen-bond acceptors (Lipinski definition) is 3. The number of benzene rings is 3. The zero-order valence-corrected chi connectivity index (χ0v) is 18.7. The standard InChI is InChI=1S/C27H23FN2O2S/c28-22-15-13-21(14-16-22)26(27(32)29-19-20-8-3-1-4-9-20)30(23-10-5-2-6-11-23)25(31)18-24-12-7-17-33-24/h1-17,26H,18-19H2,(H,29,32)/t26-/m1/s1. The van der Waals surface area contributed by atoms with Crippen molar-refractivity contribution in [3.8, 4) is 0 Å². The number of thiophene rings is 1. The fourth-order valence-electron chi connectivity index (χ4n) is 3.62. The summed E-state index contributed by atoms with van der Waals surface area (Å²) in [5.41, 5.74) is 2.08. The summed E-state index contributed by atoms with van der Waals surface area (Å²) in [5, 5.41) is 4.87. The summed E-state index contributed by atoms with van der Waals surface area (Å²) in [7, 11) is 0. The lowest BCUT2D eigenvalue weighted by Crippen LogP contribution is -2.44. The highest BCUT2D eigenvalue weighted by Crippen LogP contribution is 2.29. The predicted octanol–water partition coefficient (Wildman–Crippen LogP) is 5.52. The van der Waals surface area contributed by atoms with Crippen molar-refractivity contribution < 1.29 is 14.0 Å². The largest absolute Gasteiger partial charge is 0.350 e. The molecule has 1 heterocycles. The minimum atomic E-state index is -0.954. The highest BCUT2D eigenvalue weighted by atomic mass is 32.1. The van der Waals surface area contributed by atoms with Crippen LogP contribution in [0.15, 0.2) is 102 Å². The van der Waals surface area contributed by atoms with Gasteiger partial charge >= 0.3 is 0 Å². The van der Waals surface area contributed by atoms with Crippen LogP contribution < -0.4 is 10.2 Å². The molecule has 0 aliphatic carbocycles. The van der Waals surface area contributed by atoms with E-state index in [-0.39, 0.29) is 18.2 Å². The zero-order valence-electron chi connectivity index (χ0n) is 17.9. The van der Waals surface area contributed by atoms with Crippen molar-refractivity contribution in [2.24, 2.45) is 0 Å². The van der Waals surface area contributed by atoms with Gasteiger partial charge in [-0.1, -0.05) is 66.7 Å². The van der Waals surface area contributed by atoms with E-state index in [0.717, 1.165) is 10.4 Å². The third-order valence-electron chi connectivity index (χ3n) is 5.21. The van der Waals surface area contributed by atoms with E-state index < -0.39 is 11.9 Å². The van der Waals surface area contributed by atoms with Gasteiger partial charge in [-0.2, -0.15) is 0 Å². The molecule has 4 rings (SSSR count). The first kappa shape index (κ1) is 22.4. The molecule has 0 aliphatic rings. The van der Waals surface area contributed by atoms with Gasteiger partial charge in [0, 0.05) is 17.1 Å². The number of anilines is 1. The van der Waals surface area contributed by atoms with Gasteiger partial charge in [-0.3, -0.25) is 14.5 Å². The van der Waals surface area contributed by atoms with E-state index in [2.05, 4.69) is 5.32 Å². The molecule has 6 heteroatoms. The second kappa shape index (κ2) is 10.7. The number of carbonyl (C=O) groups is 2. The van der Waals surface area contributed by atoms with E-state index in [4.69, 9.17) is 0 Å². The average Bonchev–Trinajstić information content (AvgIpc) is 3.36. The van der Waals surface area contributed by atoms with Crippen LogP contribution in [0.5, 0.6) is 0 Å². The molecule has 4 aromatic rings. The lowest BCUT2D eigenvalue weighted by Gasteiger charge is -2.31. The third-order valence-corrected chi connectivity index (χ3v) is 6.09. The van der Waals surface area contributed by atoms with Gasteiger partial charge in [0.1, 0.15) is 11.9 Å². The molecular formula is C27H23FN2O2S. The van der Waals surface area contributed by atoms with Gasteiger partial charge in [-0.05, 0) is 46.8 Å². The molecule has 33 heavy (non-hydrogen) atoms. The second-order valence-corrected chi connectivity index (χ2v) is 8.55. The Kier molecular flexibility index (Phi) is 7.27. The van der Waals surface area contributed by atoms with E-state index in [0.29, 0.717) is 17.8 Å². The van der Waals surface area contributed by atoms with Crippen LogP contribution in [0.4, 0.5) is 10.1 Å². The Morgan fingerprint density at radius 3 is 2.15 bits per heavy atom. The van der Waals surface area contributed by atoms with Crippen molar-refractivity contribution in [3.05, 3.63) is 124 Å². The summed E-state index contributed by atoms with van der Waals surface area (Å²) in [6.07, 6.45) is 0.163. The Bertz CT molecular complexity index is 1180. The van der Waals surface area contributed by atoms with Gasteiger partial charge in [0.05, 0.1) is 6.42 Å². The van der Waals surface area contributed by atoms with Crippen molar-refractivity contribution in [2.75, 3.05) is 4.90 Å². The number of nitrogens with one attached hydrogen (secondary N) is 1. The van der Waals surface area contributed by atoms with Crippen LogP contribution in [0.1, 0.15) is 22.0 Å². The first-order chi connectivity index (χ1) is 16.1. The Balaban J connectivity index is 1.71. The maximum Gasteiger partial charge on any atom is 0.248 e. The summed E-state index contributed by atoms with van der Waals surface area (Å²) < 4.78 is 13.7. The summed E-state index contributed by atoms with van der Waals surface area (Å²) >= 11 is 1.49. The molecule has 0 aliphatic heterocycles. The van der Waals surface area contributed by atoms with Crippen LogP contribution in [0, 0.1) is 5.82 Å². The molecule has 4 nitrogen and oxygen atoms in total. The van der Waals surface area contributed by atoms with Gasteiger partial charge in [0.15, 0.2) is 0 Å². The Morgan fingerprint density at radius 2 is 1.52 bits per heavy atom. The maximum absolute atomic E-state index is 13.7. The van der Waals surface area contributed by atoms with E-state index in [1.54, 1.807) is 24.3 Å². The van der Waals surface area contributed by atoms with Crippen LogP contribution in [-0.2, 0) is 22.6 Å². The lowest BCUT2D eigenvalue weighted by atomic mass is 10.0. The number of para-hydroxylation sites is 1. The second-order valence-electron chi connectivity index (χ2n) is 7.51. The molecule has 0 unspecified atom stereocenters. The Morgan fingerprint density at radius 1 is 0.848 bits per heavy atom. The van der Waals surface area contributed by atoms with E-state index in [1.165, 1.54) is 28.4 Å². The van der Waals surface area contributed by atoms with Crippen molar-refractivity contribution in [1.82, 2.24) is 5.32 Å². The van der Waals surface area contributed by atoms with Gasteiger partial charge in [-0.25, -0.2) is 4.39 Å². The average molecular weight is 459 g/mol. The monoisotopic (exact) mass is 458 g/mol. The number of rotatable bonds is 8. The molecule has 0 saturated carbocycles. The van der Waals surface area contributed by atoms with Crippen LogP contribution >= 0.6 is 11.3 Å². The quantitative estimate of drug-likeness (QED) is 0.378. The summed E-state index contributed by atoms with van der Waals surface area (Å²) in [4.78, 5) is 29.5. The summed E-state index contributed by atoms with van der Waals surface area (Å²) in [5.74, 6) is -0.958. The predicted molar refractivity (Wildman–Crippen MR) is 129 cm³/mol. The number of amides is 2. The van der Waals surface area contributed by atoms with Gasteiger partial charge in [0.25, 0.3) is 0 Å². The third kappa shape index (κ3) is 5.73. The Labute approximate surface area is 196 Å². The van der Waals surface area contributed by atoms with Crippen LogP contribution in [0.3, 0.4) is 0 Å². The normalized spacial score (nSPS) is 11.5. The minimum Gasteiger partial charge on any atom is -0.350 e.